The van der Waals surface area contributed by atoms with Crippen molar-refractivity contribution in [2.24, 2.45) is 7.05 Å². The van der Waals surface area contributed by atoms with Crippen LogP contribution in [0.4, 0.5) is 0 Å². The highest BCUT2D eigenvalue weighted by atomic mass is 32.2. The smallest absolute Gasteiger partial charge is 0.222 e. The van der Waals surface area contributed by atoms with Gasteiger partial charge >= 0.3 is 0 Å². The molecule has 0 atom stereocenters. The Balaban J connectivity index is 1.33. The quantitative estimate of drug-likeness (QED) is 0.171. The van der Waals surface area contributed by atoms with Gasteiger partial charge in [0.25, 0.3) is 0 Å². The summed E-state index contributed by atoms with van der Waals surface area (Å²) in [5.41, 5.74) is 4.21. The van der Waals surface area contributed by atoms with E-state index in [1.54, 1.807) is 26.4 Å². The first-order valence-electron chi connectivity index (χ1n) is 14.0. The topological polar surface area (TPSA) is 60.8 Å². The van der Waals surface area contributed by atoms with Crippen molar-refractivity contribution in [3.8, 4) is 11.5 Å². The highest BCUT2D eigenvalue weighted by molar-refractivity contribution is 7.91. The second-order valence-electron chi connectivity index (χ2n) is 10.8. The molecule has 214 valence electrons. The molecule has 3 aromatic carbocycles. The van der Waals surface area contributed by atoms with Crippen LogP contribution in [-0.2, 0) is 29.7 Å². The van der Waals surface area contributed by atoms with Gasteiger partial charge in [0.2, 0.25) is 9.84 Å². The average molecular weight is 563 g/mol. The van der Waals surface area contributed by atoms with E-state index in [0.717, 1.165) is 72.3 Å². The molecule has 1 heterocycles. The van der Waals surface area contributed by atoms with Crippen LogP contribution < -0.4 is 9.47 Å². The van der Waals surface area contributed by atoms with Crippen LogP contribution >= 0.6 is 0 Å². The number of aryl methyl sites for hydroxylation is 2. The number of rotatable bonds is 13. The highest BCUT2D eigenvalue weighted by Gasteiger charge is 2.29. The van der Waals surface area contributed by atoms with Crippen molar-refractivity contribution in [3.63, 3.8) is 0 Å². The van der Waals surface area contributed by atoms with Crippen molar-refractivity contribution in [1.82, 2.24) is 9.47 Å². The monoisotopic (exact) mass is 562 g/mol. The Morgan fingerprint density at radius 2 is 1.50 bits per heavy atom. The van der Waals surface area contributed by atoms with Gasteiger partial charge in [-0.05, 0) is 92.2 Å². The average Bonchev–Trinajstić information content (AvgIpc) is 3.27. The molecule has 0 aliphatic rings. The minimum absolute atomic E-state index is 0.0901. The summed E-state index contributed by atoms with van der Waals surface area (Å²) in [5.74, 6) is 1.60. The number of nitrogens with zero attached hydrogens (tertiary/aromatic N) is 2. The van der Waals surface area contributed by atoms with Gasteiger partial charge in [0.15, 0.2) is 11.5 Å². The molecule has 0 unspecified atom stereocenters. The van der Waals surface area contributed by atoms with Crippen molar-refractivity contribution in [2.75, 3.05) is 34.4 Å². The molecule has 0 fully saturated rings. The first-order valence-corrected chi connectivity index (χ1v) is 15.5. The number of unbranched alkanes of at least 4 members (excludes halogenated alkanes) is 1. The Kier molecular flexibility index (Phi) is 9.59. The molecule has 0 saturated carbocycles. The van der Waals surface area contributed by atoms with E-state index in [2.05, 4.69) is 31.9 Å². The van der Waals surface area contributed by atoms with Crippen molar-refractivity contribution in [1.29, 1.82) is 0 Å². The number of benzene rings is 3. The number of aromatic nitrogens is 1. The van der Waals surface area contributed by atoms with Gasteiger partial charge in [0.1, 0.15) is 5.03 Å². The highest BCUT2D eigenvalue weighted by Crippen LogP contribution is 2.37. The number of sulfone groups is 1. The van der Waals surface area contributed by atoms with E-state index in [-0.39, 0.29) is 5.92 Å². The maximum Gasteiger partial charge on any atom is 0.222 e. The van der Waals surface area contributed by atoms with Gasteiger partial charge < -0.3 is 18.9 Å². The van der Waals surface area contributed by atoms with Gasteiger partial charge in [0, 0.05) is 24.5 Å². The van der Waals surface area contributed by atoms with Crippen LogP contribution in [0.2, 0.25) is 0 Å². The van der Waals surface area contributed by atoms with E-state index in [1.165, 1.54) is 5.56 Å². The Morgan fingerprint density at radius 1 is 0.825 bits per heavy atom. The van der Waals surface area contributed by atoms with Crippen LogP contribution in [0, 0.1) is 0 Å². The van der Waals surface area contributed by atoms with Gasteiger partial charge in [-0.2, -0.15) is 0 Å². The minimum atomic E-state index is -3.66. The molecular formula is C33H42N2O4S. The van der Waals surface area contributed by atoms with Gasteiger partial charge in [0.05, 0.1) is 19.1 Å². The molecule has 4 rings (SSSR count). The molecule has 0 bridgehead atoms. The molecule has 40 heavy (non-hydrogen) atoms. The van der Waals surface area contributed by atoms with E-state index >= 15 is 0 Å². The zero-order chi connectivity index (χ0) is 28.9. The lowest BCUT2D eigenvalue weighted by molar-refractivity contribution is 0.329. The zero-order valence-electron chi connectivity index (χ0n) is 24.6. The molecule has 4 aromatic rings. The lowest BCUT2D eigenvalue weighted by Gasteiger charge is -2.17. The molecule has 0 spiro atoms. The summed E-state index contributed by atoms with van der Waals surface area (Å²) in [4.78, 5) is 2.70. The van der Waals surface area contributed by atoms with Crippen molar-refractivity contribution in [2.45, 2.75) is 55.4 Å². The number of hydrogen-bond acceptors (Lipinski definition) is 5. The summed E-state index contributed by atoms with van der Waals surface area (Å²) in [6.45, 7) is 6.09. The third-order valence-corrected chi connectivity index (χ3v) is 9.54. The van der Waals surface area contributed by atoms with Gasteiger partial charge in [-0.1, -0.05) is 50.2 Å². The largest absolute Gasteiger partial charge is 0.493 e. The number of likely N-dealkylation sites (N-methyl/N-ethyl adjacent to an activating group) is 1. The number of para-hydroxylation sites is 1. The molecule has 0 aliphatic carbocycles. The predicted octanol–water partition coefficient (Wildman–Crippen LogP) is 6.65. The fraction of sp³-hybridized carbons (Fsp3) is 0.394. The maximum atomic E-state index is 13.8. The van der Waals surface area contributed by atoms with Gasteiger partial charge in [-0.15, -0.1) is 0 Å². The molecule has 0 aliphatic heterocycles. The standard InChI is InChI=1S/C33H42N2O4S/c1-24(2)32-28-12-7-8-13-29(28)35(4)33(32)40(36,37)27-17-14-25(15-18-27)11-9-10-21-34(3)22-20-26-16-19-30(38-5)31(23-26)39-6/h7-8,12-19,23-24H,9-11,20-22H2,1-6H3. The molecule has 0 saturated heterocycles. The second kappa shape index (κ2) is 12.9. The predicted molar refractivity (Wildman–Crippen MR) is 163 cm³/mol. The SMILES string of the molecule is COc1ccc(CCN(C)CCCCc2ccc(S(=O)(=O)c3c(C(C)C)c4ccccc4n3C)cc2)cc1OC. The first kappa shape index (κ1) is 29.7. The van der Waals surface area contributed by atoms with Crippen LogP contribution in [0.5, 0.6) is 11.5 Å². The Bertz CT molecular complexity index is 1540. The zero-order valence-corrected chi connectivity index (χ0v) is 25.4. The van der Waals surface area contributed by atoms with E-state index in [4.69, 9.17) is 9.47 Å². The molecule has 0 amide bonds. The van der Waals surface area contributed by atoms with Crippen LogP contribution in [0.1, 0.15) is 49.3 Å². The Morgan fingerprint density at radius 3 is 2.17 bits per heavy atom. The lowest BCUT2D eigenvalue weighted by atomic mass is 10.0. The minimum Gasteiger partial charge on any atom is -0.493 e. The third-order valence-electron chi connectivity index (χ3n) is 7.64. The summed E-state index contributed by atoms with van der Waals surface area (Å²) >= 11 is 0. The summed E-state index contributed by atoms with van der Waals surface area (Å²) in [6.07, 6.45) is 4.00. The maximum absolute atomic E-state index is 13.8. The molecule has 6 nitrogen and oxygen atoms in total. The van der Waals surface area contributed by atoms with E-state index < -0.39 is 9.84 Å². The van der Waals surface area contributed by atoms with Crippen LogP contribution in [0.15, 0.2) is 76.7 Å². The summed E-state index contributed by atoms with van der Waals surface area (Å²) in [6, 6.07) is 21.5. The molecule has 0 radical (unpaired) electrons. The van der Waals surface area contributed by atoms with E-state index in [9.17, 15) is 8.42 Å². The van der Waals surface area contributed by atoms with Gasteiger partial charge in [-0.3, -0.25) is 0 Å². The van der Waals surface area contributed by atoms with Crippen molar-refractivity contribution < 1.29 is 17.9 Å². The van der Waals surface area contributed by atoms with E-state index in [1.807, 2.05) is 60.1 Å². The fourth-order valence-electron chi connectivity index (χ4n) is 5.41. The number of ether oxygens (including phenoxy) is 2. The van der Waals surface area contributed by atoms with Crippen LogP contribution in [0.3, 0.4) is 0 Å². The van der Waals surface area contributed by atoms with E-state index in [0.29, 0.717) is 9.92 Å². The Labute approximate surface area is 239 Å². The number of methoxy groups -OCH3 is 2. The Hall–Kier alpha value is -3.29. The normalized spacial score (nSPS) is 12.0. The lowest BCUT2D eigenvalue weighted by Crippen LogP contribution is -2.22. The summed E-state index contributed by atoms with van der Waals surface area (Å²) < 4.78 is 40.1. The molecule has 0 N–H and O–H groups in total. The first-order chi connectivity index (χ1) is 19.2. The van der Waals surface area contributed by atoms with Crippen LogP contribution in [0.25, 0.3) is 10.9 Å². The number of hydrogen-bond donors (Lipinski definition) is 0. The second-order valence-corrected chi connectivity index (χ2v) is 12.7. The summed E-state index contributed by atoms with van der Waals surface area (Å²) in [7, 11) is 3.65. The fourth-order valence-corrected chi connectivity index (χ4v) is 7.22. The number of fused-ring (bicyclic) bond motifs is 1. The third kappa shape index (κ3) is 6.37. The van der Waals surface area contributed by atoms with Gasteiger partial charge in [-0.25, -0.2) is 8.42 Å². The molecule has 7 heteroatoms. The van der Waals surface area contributed by atoms with Crippen molar-refractivity contribution in [3.05, 3.63) is 83.4 Å². The molecule has 1 aromatic heterocycles. The van der Waals surface area contributed by atoms with Crippen LogP contribution in [-0.4, -0.2) is 52.2 Å². The van der Waals surface area contributed by atoms with Crippen molar-refractivity contribution >= 4 is 20.7 Å². The summed E-state index contributed by atoms with van der Waals surface area (Å²) in [5, 5.41) is 1.40. The molecular weight excluding hydrogens is 520 g/mol.